The molecule has 1 amide bonds. The number of nitrogens with zero attached hydrogens (tertiary/aromatic N) is 2. The summed E-state index contributed by atoms with van der Waals surface area (Å²) in [5.41, 5.74) is 6.66. The molecule has 0 spiro atoms. The Morgan fingerprint density at radius 2 is 1.81 bits per heavy atom. The fourth-order valence-corrected chi connectivity index (χ4v) is 2.98. The van der Waals surface area contributed by atoms with Crippen molar-refractivity contribution in [1.29, 1.82) is 0 Å². The van der Waals surface area contributed by atoms with E-state index in [2.05, 4.69) is 0 Å². The molecule has 0 atom stereocenters. The van der Waals surface area contributed by atoms with Crippen LogP contribution in [0.15, 0.2) is 23.1 Å². The van der Waals surface area contributed by atoms with Crippen LogP contribution in [0.2, 0.25) is 0 Å². The van der Waals surface area contributed by atoms with Crippen molar-refractivity contribution in [2.45, 2.75) is 18.7 Å². The highest BCUT2D eigenvalue weighted by molar-refractivity contribution is 7.90. The second-order valence-electron chi connectivity index (χ2n) is 4.88. The molecular formula is C14H23N3O3S. The summed E-state index contributed by atoms with van der Waals surface area (Å²) in [6, 6.07) is 4.80. The molecule has 0 saturated heterocycles. The van der Waals surface area contributed by atoms with E-state index < -0.39 is 9.84 Å². The molecule has 1 rings (SSSR count). The second-order valence-corrected chi connectivity index (χ2v) is 6.87. The van der Waals surface area contributed by atoms with Crippen LogP contribution in [0, 0.1) is 0 Å². The Kier molecular flexibility index (Phi) is 5.60. The van der Waals surface area contributed by atoms with Crippen molar-refractivity contribution < 1.29 is 13.2 Å². The molecule has 0 radical (unpaired) electrons. The number of rotatable bonds is 6. The van der Waals surface area contributed by atoms with E-state index in [1.165, 1.54) is 6.07 Å². The molecule has 7 heteroatoms. The van der Waals surface area contributed by atoms with Crippen LogP contribution in [0.3, 0.4) is 0 Å². The first-order chi connectivity index (χ1) is 9.72. The first-order valence-corrected chi connectivity index (χ1v) is 8.68. The number of sulfone groups is 1. The van der Waals surface area contributed by atoms with Crippen LogP contribution in [-0.2, 0) is 14.6 Å². The quantitative estimate of drug-likeness (QED) is 0.791. The summed E-state index contributed by atoms with van der Waals surface area (Å²) in [6.07, 6.45) is 1.11. The van der Waals surface area contributed by atoms with Crippen LogP contribution in [0.25, 0.3) is 0 Å². The maximum Gasteiger partial charge on any atom is 0.242 e. The number of hydrogen-bond acceptors (Lipinski definition) is 5. The molecule has 1 aromatic rings. The Balaban J connectivity index is 3.04. The Morgan fingerprint density at radius 3 is 2.29 bits per heavy atom. The van der Waals surface area contributed by atoms with E-state index in [1.807, 2.05) is 13.8 Å². The van der Waals surface area contributed by atoms with Gasteiger partial charge in [-0.05, 0) is 26.0 Å². The van der Waals surface area contributed by atoms with Crippen molar-refractivity contribution in [2.75, 3.05) is 43.6 Å². The van der Waals surface area contributed by atoms with Gasteiger partial charge in [0.2, 0.25) is 5.91 Å². The smallest absolute Gasteiger partial charge is 0.242 e. The third-order valence-corrected chi connectivity index (χ3v) is 4.50. The monoisotopic (exact) mass is 313 g/mol. The van der Waals surface area contributed by atoms with Gasteiger partial charge in [-0.15, -0.1) is 0 Å². The normalized spacial score (nSPS) is 11.2. The van der Waals surface area contributed by atoms with E-state index in [1.54, 1.807) is 29.0 Å². The lowest BCUT2D eigenvalue weighted by Crippen LogP contribution is -2.39. The van der Waals surface area contributed by atoms with Gasteiger partial charge in [0.1, 0.15) is 0 Å². The van der Waals surface area contributed by atoms with Gasteiger partial charge < -0.3 is 15.5 Å². The highest BCUT2D eigenvalue weighted by Gasteiger charge is 2.18. The van der Waals surface area contributed by atoms with Crippen LogP contribution in [0.5, 0.6) is 0 Å². The van der Waals surface area contributed by atoms with Gasteiger partial charge >= 0.3 is 0 Å². The molecule has 0 bridgehead atoms. The zero-order chi connectivity index (χ0) is 16.2. The molecule has 0 heterocycles. The van der Waals surface area contributed by atoms with Gasteiger partial charge in [-0.3, -0.25) is 4.79 Å². The summed E-state index contributed by atoms with van der Waals surface area (Å²) >= 11 is 0. The molecule has 0 aromatic heterocycles. The highest BCUT2D eigenvalue weighted by Crippen LogP contribution is 2.28. The number of amides is 1. The van der Waals surface area contributed by atoms with Gasteiger partial charge in [0.05, 0.1) is 22.8 Å². The number of para-hydroxylation sites is 1. The van der Waals surface area contributed by atoms with E-state index >= 15 is 0 Å². The largest absolute Gasteiger partial charge is 0.396 e. The number of likely N-dealkylation sites (N-methyl/N-ethyl adjacent to an activating group) is 2. The predicted molar refractivity (Wildman–Crippen MR) is 85.2 cm³/mol. The minimum absolute atomic E-state index is 0.0216. The molecule has 21 heavy (non-hydrogen) atoms. The van der Waals surface area contributed by atoms with Gasteiger partial charge in [-0.2, -0.15) is 0 Å². The average molecular weight is 313 g/mol. The van der Waals surface area contributed by atoms with Crippen LogP contribution < -0.4 is 10.6 Å². The molecule has 0 fully saturated rings. The van der Waals surface area contributed by atoms with Crippen molar-refractivity contribution in [3.63, 3.8) is 0 Å². The highest BCUT2D eigenvalue weighted by atomic mass is 32.2. The van der Waals surface area contributed by atoms with Gasteiger partial charge in [0.25, 0.3) is 0 Å². The lowest BCUT2D eigenvalue weighted by atomic mass is 10.2. The van der Waals surface area contributed by atoms with E-state index in [4.69, 9.17) is 5.73 Å². The first-order valence-electron chi connectivity index (χ1n) is 6.79. The standard InChI is InChI=1S/C14H23N3O3S/c1-5-17(6-2)13(18)10-16(3)11-8-7-9-12(14(11)15)21(4,19)20/h7-9H,5-6,10,15H2,1-4H3. The molecule has 6 nitrogen and oxygen atoms in total. The maximum absolute atomic E-state index is 12.1. The number of benzene rings is 1. The molecule has 0 aliphatic carbocycles. The molecule has 1 aromatic carbocycles. The van der Waals surface area contributed by atoms with Gasteiger partial charge in [-0.25, -0.2) is 8.42 Å². The fourth-order valence-electron chi connectivity index (χ4n) is 2.15. The average Bonchev–Trinajstić information content (AvgIpc) is 2.38. The summed E-state index contributed by atoms with van der Waals surface area (Å²) in [5, 5.41) is 0. The number of carbonyl (C=O) groups is 1. The number of hydrogen-bond donors (Lipinski definition) is 1. The molecule has 0 aliphatic heterocycles. The third kappa shape index (κ3) is 4.10. The molecule has 118 valence electrons. The minimum Gasteiger partial charge on any atom is -0.396 e. The number of nitrogens with two attached hydrogens (primary N) is 1. The maximum atomic E-state index is 12.1. The second kappa shape index (κ2) is 6.80. The van der Waals surface area contributed by atoms with E-state index in [0.29, 0.717) is 18.8 Å². The van der Waals surface area contributed by atoms with Crippen molar-refractivity contribution in [1.82, 2.24) is 4.90 Å². The molecule has 0 unspecified atom stereocenters. The minimum atomic E-state index is -3.39. The van der Waals surface area contributed by atoms with Gasteiger partial charge in [0.15, 0.2) is 9.84 Å². The molecule has 0 saturated carbocycles. The number of anilines is 2. The van der Waals surface area contributed by atoms with Crippen molar-refractivity contribution in [3.05, 3.63) is 18.2 Å². The van der Waals surface area contributed by atoms with Crippen LogP contribution >= 0.6 is 0 Å². The van der Waals surface area contributed by atoms with Gasteiger partial charge in [0, 0.05) is 26.4 Å². The molecule has 0 aliphatic rings. The lowest BCUT2D eigenvalue weighted by Gasteiger charge is -2.25. The SMILES string of the molecule is CCN(CC)C(=O)CN(C)c1cccc(S(C)(=O)=O)c1N. The lowest BCUT2D eigenvalue weighted by molar-refractivity contribution is -0.129. The van der Waals surface area contributed by atoms with E-state index in [-0.39, 0.29) is 23.0 Å². The first kappa shape index (κ1) is 17.3. The van der Waals surface area contributed by atoms with Crippen molar-refractivity contribution >= 4 is 27.1 Å². The number of nitrogen functional groups attached to an aromatic ring is 1. The predicted octanol–water partition coefficient (Wildman–Crippen LogP) is 0.977. The molecular weight excluding hydrogens is 290 g/mol. The summed E-state index contributed by atoms with van der Waals surface area (Å²) < 4.78 is 23.4. The Morgan fingerprint density at radius 1 is 1.24 bits per heavy atom. The Bertz CT molecular complexity index is 610. The fraction of sp³-hybridized carbons (Fsp3) is 0.500. The summed E-state index contributed by atoms with van der Waals surface area (Å²) in [5.74, 6) is -0.0216. The summed E-state index contributed by atoms with van der Waals surface area (Å²) in [6.45, 7) is 5.27. The number of carbonyl (C=O) groups excluding carboxylic acids is 1. The Labute approximate surface area is 126 Å². The van der Waals surface area contributed by atoms with Crippen LogP contribution in [0.4, 0.5) is 11.4 Å². The van der Waals surface area contributed by atoms with E-state index in [9.17, 15) is 13.2 Å². The zero-order valence-corrected chi connectivity index (χ0v) is 13.8. The van der Waals surface area contributed by atoms with Crippen LogP contribution in [-0.4, -0.2) is 52.2 Å². The van der Waals surface area contributed by atoms with E-state index in [0.717, 1.165) is 6.26 Å². The zero-order valence-electron chi connectivity index (χ0n) is 13.0. The van der Waals surface area contributed by atoms with Crippen molar-refractivity contribution in [2.24, 2.45) is 0 Å². The topological polar surface area (TPSA) is 83.7 Å². The summed E-state index contributed by atoms with van der Waals surface area (Å²) in [7, 11) is -1.67. The third-order valence-electron chi connectivity index (χ3n) is 3.34. The van der Waals surface area contributed by atoms with Gasteiger partial charge in [-0.1, -0.05) is 6.07 Å². The van der Waals surface area contributed by atoms with Crippen LogP contribution in [0.1, 0.15) is 13.8 Å². The van der Waals surface area contributed by atoms with Crippen molar-refractivity contribution in [3.8, 4) is 0 Å². The molecule has 2 N–H and O–H groups in total. The Hall–Kier alpha value is -1.76. The summed E-state index contributed by atoms with van der Waals surface area (Å²) in [4.78, 5) is 15.6.